The lowest BCUT2D eigenvalue weighted by atomic mass is 9.98. The number of ether oxygens (including phenoxy) is 5. The van der Waals surface area contributed by atoms with Gasteiger partial charge in [0.2, 0.25) is 0 Å². The van der Waals surface area contributed by atoms with Gasteiger partial charge in [-0.05, 0) is 128 Å². The van der Waals surface area contributed by atoms with Crippen LogP contribution in [0.4, 0.5) is 0 Å². The first-order chi connectivity index (χ1) is 39.6. The average Bonchev–Trinajstić information content (AvgIpc) is 3.54. The minimum Gasteiger partial charge on any atom is -0.479 e. The van der Waals surface area contributed by atoms with E-state index in [0.717, 1.165) is 154 Å². The molecule has 12 heteroatoms. The lowest BCUT2D eigenvalue weighted by Crippen LogP contribution is -2.61. The van der Waals surface area contributed by atoms with Gasteiger partial charge in [0.15, 0.2) is 24.6 Å². The maximum atomic E-state index is 13.2. The van der Waals surface area contributed by atoms with E-state index in [2.05, 4.69) is 142 Å². The summed E-state index contributed by atoms with van der Waals surface area (Å²) in [5.41, 5.74) is 0. The first-order valence-corrected chi connectivity index (χ1v) is 31.5. The molecule has 0 saturated carbocycles. The van der Waals surface area contributed by atoms with Gasteiger partial charge in [0.25, 0.3) is 0 Å². The van der Waals surface area contributed by atoms with Crippen LogP contribution in [0.15, 0.2) is 122 Å². The number of hydrogen-bond donors (Lipinski definition) is 3. The summed E-state index contributed by atoms with van der Waals surface area (Å²) in [4.78, 5) is 51.3. The second kappa shape index (κ2) is 55.6. The van der Waals surface area contributed by atoms with Crippen molar-refractivity contribution in [2.24, 2.45) is 0 Å². The summed E-state index contributed by atoms with van der Waals surface area (Å²) in [5, 5.41) is 31.6. The van der Waals surface area contributed by atoms with Crippen molar-refractivity contribution in [3.63, 3.8) is 0 Å². The Kier molecular flexibility index (Phi) is 50.9. The molecule has 0 aliphatic carbocycles. The topological polar surface area (TPSA) is 175 Å². The number of carbonyl (C=O) groups is 4. The Bertz CT molecular complexity index is 1870. The molecule has 1 fully saturated rings. The van der Waals surface area contributed by atoms with Crippen LogP contribution in [-0.4, -0.2) is 89.2 Å². The van der Waals surface area contributed by atoms with Gasteiger partial charge >= 0.3 is 23.9 Å². The van der Waals surface area contributed by atoms with Crippen LogP contribution in [0.3, 0.4) is 0 Å². The summed E-state index contributed by atoms with van der Waals surface area (Å²) >= 11 is 0. The lowest BCUT2D eigenvalue weighted by molar-refractivity contribution is -0.301. The number of unbranched alkanes of at least 4 members (excludes halogenated alkanes) is 18. The van der Waals surface area contributed by atoms with Crippen molar-refractivity contribution in [1.82, 2.24) is 0 Å². The van der Waals surface area contributed by atoms with Crippen molar-refractivity contribution in [1.29, 1.82) is 0 Å². The number of allylic oxidation sites excluding steroid dienone is 20. The largest absolute Gasteiger partial charge is 0.479 e. The molecule has 1 heterocycles. The van der Waals surface area contributed by atoms with E-state index in [0.29, 0.717) is 19.3 Å². The van der Waals surface area contributed by atoms with E-state index >= 15 is 0 Å². The van der Waals surface area contributed by atoms with Crippen LogP contribution < -0.4 is 0 Å². The molecule has 1 saturated heterocycles. The van der Waals surface area contributed by atoms with E-state index in [1.807, 2.05) is 0 Å². The Morgan fingerprint density at radius 3 is 1.20 bits per heavy atom. The highest BCUT2D eigenvalue weighted by Gasteiger charge is 2.50. The number of aliphatic hydroxyl groups excluding tert-OH is 2. The molecule has 81 heavy (non-hydrogen) atoms. The zero-order valence-corrected chi connectivity index (χ0v) is 50.5. The fraction of sp³-hybridized carbons (Fsp3) is 0.652. The van der Waals surface area contributed by atoms with E-state index in [4.69, 9.17) is 23.7 Å². The van der Waals surface area contributed by atoms with Crippen LogP contribution in [0.1, 0.15) is 239 Å². The number of hydrogen-bond acceptors (Lipinski definition) is 11. The molecular formula is C69H110O12. The normalized spacial score (nSPS) is 18.6. The number of aliphatic hydroxyl groups is 2. The number of aliphatic carboxylic acids is 1. The fourth-order valence-electron chi connectivity index (χ4n) is 8.73. The van der Waals surface area contributed by atoms with Gasteiger partial charge in [0.05, 0.1) is 6.61 Å². The Morgan fingerprint density at radius 1 is 0.420 bits per heavy atom. The van der Waals surface area contributed by atoms with Crippen LogP contribution >= 0.6 is 0 Å². The first kappa shape index (κ1) is 74.1. The van der Waals surface area contributed by atoms with Gasteiger partial charge in [0.1, 0.15) is 18.8 Å². The van der Waals surface area contributed by atoms with Crippen molar-refractivity contribution in [3.8, 4) is 0 Å². The molecule has 0 spiro atoms. The third-order valence-electron chi connectivity index (χ3n) is 13.5. The Balaban J connectivity index is 2.71. The minimum absolute atomic E-state index is 0.0126. The second-order valence-corrected chi connectivity index (χ2v) is 20.9. The minimum atomic E-state index is -1.93. The smallest absolute Gasteiger partial charge is 0.335 e. The molecule has 0 radical (unpaired) electrons. The van der Waals surface area contributed by atoms with Gasteiger partial charge < -0.3 is 39.0 Å². The Labute approximate surface area is 490 Å². The van der Waals surface area contributed by atoms with Gasteiger partial charge in [-0.1, -0.05) is 213 Å². The average molecular weight is 1130 g/mol. The maximum Gasteiger partial charge on any atom is 0.335 e. The predicted octanol–water partition coefficient (Wildman–Crippen LogP) is 16.8. The molecule has 1 rings (SSSR count). The van der Waals surface area contributed by atoms with E-state index in [1.54, 1.807) is 0 Å². The SMILES string of the molecule is CC/C=C\C/C=C\C/C=C\C/C=C\C/C=C\CCCCCC(=O)OC1C(OCC(COC(=O)CCCCCCCCC/C=C\C/C=C\C/C=C\CC)OC(=O)CCCCCCC/C=C\C/C=C\CCCCC)OC(C(=O)O)C(O)C1O. The summed E-state index contributed by atoms with van der Waals surface area (Å²) in [5.74, 6) is -3.20. The first-order valence-electron chi connectivity index (χ1n) is 31.5. The van der Waals surface area contributed by atoms with Crippen LogP contribution in [0.25, 0.3) is 0 Å². The molecule has 0 bridgehead atoms. The molecule has 0 aromatic rings. The van der Waals surface area contributed by atoms with Crippen LogP contribution in [0, 0.1) is 0 Å². The predicted molar refractivity (Wildman–Crippen MR) is 330 cm³/mol. The molecular weight excluding hydrogens is 1020 g/mol. The molecule has 458 valence electrons. The maximum absolute atomic E-state index is 13.2. The fourth-order valence-corrected chi connectivity index (χ4v) is 8.73. The molecule has 1 aliphatic heterocycles. The molecule has 0 amide bonds. The van der Waals surface area contributed by atoms with Crippen LogP contribution in [0.5, 0.6) is 0 Å². The van der Waals surface area contributed by atoms with Crippen LogP contribution in [0.2, 0.25) is 0 Å². The molecule has 12 nitrogen and oxygen atoms in total. The number of carboxylic acids is 1. The van der Waals surface area contributed by atoms with Crippen molar-refractivity contribution in [2.45, 2.75) is 276 Å². The zero-order chi connectivity index (χ0) is 58.9. The summed E-state index contributed by atoms with van der Waals surface area (Å²) in [6, 6.07) is 0. The standard InChI is InChI=1S/C69H110O12/c1-4-7-10-13-16-19-22-25-28-30-31-33-36-39-42-45-48-51-54-57-63(72)80-67-65(74)64(73)66(68(75)76)81-69(67)78-59-60(79-62(71)56-53-50-47-44-41-38-34-27-24-21-18-15-12-9-6-3)58-77-61(70)55-52-49-46-43-40-37-35-32-29-26-23-20-17-14-11-8-5-2/h7-8,10-11,16-21,25-29,31,33-34,39,42,60,64-67,69,73-74H,4-6,9,12-15,22-24,30,32,35-38,40-41,43-59H2,1-3H3,(H,75,76)/b10-7-,11-8-,19-16-,20-17-,21-18-,28-25-,29-26-,33-31-,34-27-,42-39-. The summed E-state index contributed by atoms with van der Waals surface area (Å²) in [6.07, 6.45) is 64.4. The van der Waals surface area contributed by atoms with Crippen molar-refractivity contribution < 1.29 is 58.2 Å². The van der Waals surface area contributed by atoms with Crippen molar-refractivity contribution >= 4 is 23.9 Å². The molecule has 6 atom stereocenters. The van der Waals surface area contributed by atoms with E-state index in [-0.39, 0.29) is 25.9 Å². The van der Waals surface area contributed by atoms with E-state index in [1.165, 1.54) is 25.7 Å². The number of rotatable bonds is 52. The quantitative estimate of drug-likeness (QED) is 0.0228. The second-order valence-electron chi connectivity index (χ2n) is 20.9. The van der Waals surface area contributed by atoms with E-state index in [9.17, 15) is 34.5 Å². The van der Waals surface area contributed by atoms with Gasteiger partial charge in [-0.15, -0.1) is 0 Å². The number of esters is 3. The summed E-state index contributed by atoms with van der Waals surface area (Å²) < 4.78 is 28.5. The molecule has 1 aliphatic rings. The summed E-state index contributed by atoms with van der Waals surface area (Å²) in [7, 11) is 0. The lowest BCUT2D eigenvalue weighted by Gasteiger charge is -2.40. The van der Waals surface area contributed by atoms with Gasteiger partial charge in [-0.25, -0.2) is 4.79 Å². The monoisotopic (exact) mass is 1130 g/mol. The zero-order valence-electron chi connectivity index (χ0n) is 50.5. The Hall–Kier alpha value is -4.88. The molecule has 3 N–H and O–H groups in total. The van der Waals surface area contributed by atoms with E-state index < -0.39 is 67.3 Å². The molecule has 6 unspecified atom stereocenters. The van der Waals surface area contributed by atoms with Crippen molar-refractivity contribution in [2.75, 3.05) is 13.2 Å². The highest BCUT2D eigenvalue weighted by molar-refractivity contribution is 5.74. The molecule has 0 aromatic heterocycles. The highest BCUT2D eigenvalue weighted by Crippen LogP contribution is 2.26. The molecule has 0 aromatic carbocycles. The Morgan fingerprint density at radius 2 is 0.778 bits per heavy atom. The van der Waals surface area contributed by atoms with Gasteiger partial charge in [-0.3, -0.25) is 14.4 Å². The number of carboxylic acid groups (broad SMARTS) is 1. The third-order valence-corrected chi connectivity index (χ3v) is 13.5. The number of carbonyl (C=O) groups excluding carboxylic acids is 3. The summed E-state index contributed by atoms with van der Waals surface area (Å²) in [6.45, 7) is 5.71. The third kappa shape index (κ3) is 45.3. The highest BCUT2D eigenvalue weighted by atomic mass is 16.7. The van der Waals surface area contributed by atoms with Crippen molar-refractivity contribution in [3.05, 3.63) is 122 Å². The van der Waals surface area contributed by atoms with Crippen LogP contribution in [-0.2, 0) is 42.9 Å². The van der Waals surface area contributed by atoms with Gasteiger partial charge in [0, 0.05) is 19.3 Å². The van der Waals surface area contributed by atoms with Gasteiger partial charge in [-0.2, -0.15) is 0 Å².